The van der Waals surface area contributed by atoms with Gasteiger partial charge in [-0.25, -0.2) is 13.4 Å². The normalized spacial score (nSPS) is 11.2. The maximum Gasteiger partial charge on any atom is 0.306 e. The van der Waals surface area contributed by atoms with Gasteiger partial charge in [0.25, 0.3) is 0 Å². The lowest BCUT2D eigenvalue weighted by Gasteiger charge is -2.04. The summed E-state index contributed by atoms with van der Waals surface area (Å²) in [7, 11) is -3.98. The standard InChI is InChI=1S/C12H10N2O4S/c1-9-4-6-10(7-5-9)19(17,18)12-11(14(15)16)3-2-8-13-12/h2-8H,1H3. The van der Waals surface area contributed by atoms with Crippen LogP contribution in [0.4, 0.5) is 5.69 Å². The number of nitro groups is 1. The molecule has 0 unspecified atom stereocenters. The number of sulfone groups is 1. The fourth-order valence-corrected chi connectivity index (χ4v) is 2.89. The van der Waals surface area contributed by atoms with E-state index in [0.29, 0.717) is 0 Å². The predicted octanol–water partition coefficient (Wildman–Crippen LogP) is 2.13. The molecule has 0 atom stereocenters. The zero-order chi connectivity index (χ0) is 14.0. The molecule has 0 N–H and O–H groups in total. The monoisotopic (exact) mass is 278 g/mol. The van der Waals surface area contributed by atoms with Crippen LogP contribution in [0.2, 0.25) is 0 Å². The minimum Gasteiger partial charge on any atom is -0.258 e. The zero-order valence-electron chi connectivity index (χ0n) is 9.98. The van der Waals surface area contributed by atoms with Crippen LogP contribution in [0.3, 0.4) is 0 Å². The predicted molar refractivity (Wildman–Crippen MR) is 67.5 cm³/mol. The van der Waals surface area contributed by atoms with Gasteiger partial charge in [0.05, 0.1) is 9.82 Å². The van der Waals surface area contributed by atoms with Gasteiger partial charge in [0.2, 0.25) is 14.9 Å². The molecule has 0 aliphatic heterocycles. The van der Waals surface area contributed by atoms with E-state index in [9.17, 15) is 18.5 Å². The summed E-state index contributed by atoms with van der Waals surface area (Å²) >= 11 is 0. The Kier molecular flexibility index (Phi) is 3.30. The number of rotatable bonds is 3. The lowest BCUT2D eigenvalue weighted by Crippen LogP contribution is -2.07. The minimum absolute atomic E-state index is 0.0140. The van der Waals surface area contributed by atoms with Crippen LogP contribution in [-0.4, -0.2) is 18.3 Å². The molecule has 0 fully saturated rings. The van der Waals surface area contributed by atoms with Crippen molar-refractivity contribution in [1.82, 2.24) is 4.98 Å². The molecule has 1 aromatic carbocycles. The molecular formula is C12H10N2O4S. The van der Waals surface area contributed by atoms with Crippen molar-refractivity contribution in [2.24, 2.45) is 0 Å². The van der Waals surface area contributed by atoms with E-state index in [1.165, 1.54) is 24.4 Å². The fraction of sp³-hybridized carbons (Fsp3) is 0.0833. The Bertz CT molecular complexity index is 724. The highest BCUT2D eigenvalue weighted by Gasteiger charge is 2.28. The van der Waals surface area contributed by atoms with Crippen molar-refractivity contribution in [3.8, 4) is 0 Å². The topological polar surface area (TPSA) is 90.2 Å². The molecule has 1 heterocycles. The van der Waals surface area contributed by atoms with E-state index in [1.807, 2.05) is 6.92 Å². The molecule has 0 spiro atoms. The van der Waals surface area contributed by atoms with E-state index in [-0.39, 0.29) is 4.90 Å². The summed E-state index contributed by atoms with van der Waals surface area (Å²) in [6.45, 7) is 1.82. The van der Waals surface area contributed by atoms with Gasteiger partial charge in [-0.05, 0) is 25.1 Å². The SMILES string of the molecule is Cc1ccc(S(=O)(=O)c2ncccc2[N+](=O)[O-])cc1. The Hall–Kier alpha value is -2.28. The van der Waals surface area contributed by atoms with Gasteiger partial charge in [0, 0.05) is 12.3 Å². The van der Waals surface area contributed by atoms with E-state index in [2.05, 4.69) is 4.98 Å². The van der Waals surface area contributed by atoms with Crippen molar-refractivity contribution >= 4 is 15.5 Å². The summed E-state index contributed by atoms with van der Waals surface area (Å²) in [5.41, 5.74) is 0.373. The second-order valence-electron chi connectivity index (χ2n) is 3.90. The lowest BCUT2D eigenvalue weighted by atomic mass is 10.2. The summed E-state index contributed by atoms with van der Waals surface area (Å²) < 4.78 is 24.6. The number of benzene rings is 1. The van der Waals surface area contributed by atoms with Crippen LogP contribution in [-0.2, 0) is 9.84 Å². The molecule has 2 aromatic rings. The number of aryl methyl sites for hydroxylation is 1. The van der Waals surface area contributed by atoms with Crippen molar-refractivity contribution in [1.29, 1.82) is 0 Å². The first-order valence-electron chi connectivity index (χ1n) is 5.34. The first-order chi connectivity index (χ1) is 8.93. The van der Waals surface area contributed by atoms with Gasteiger partial charge in [-0.15, -0.1) is 0 Å². The Morgan fingerprint density at radius 2 is 1.79 bits per heavy atom. The molecular weight excluding hydrogens is 268 g/mol. The van der Waals surface area contributed by atoms with Crippen LogP contribution >= 0.6 is 0 Å². The maximum absolute atomic E-state index is 12.3. The molecule has 0 aliphatic carbocycles. The fourth-order valence-electron chi connectivity index (χ4n) is 1.56. The van der Waals surface area contributed by atoms with Gasteiger partial charge >= 0.3 is 5.69 Å². The first kappa shape index (κ1) is 13.2. The van der Waals surface area contributed by atoms with Crippen LogP contribution in [0.1, 0.15) is 5.56 Å². The molecule has 98 valence electrons. The van der Waals surface area contributed by atoms with E-state index in [4.69, 9.17) is 0 Å². The van der Waals surface area contributed by atoms with E-state index >= 15 is 0 Å². The second kappa shape index (κ2) is 4.77. The third-order valence-corrected chi connectivity index (χ3v) is 4.25. The van der Waals surface area contributed by atoms with Gasteiger partial charge < -0.3 is 0 Å². The molecule has 2 rings (SSSR count). The van der Waals surface area contributed by atoms with Crippen LogP contribution in [0.5, 0.6) is 0 Å². The molecule has 19 heavy (non-hydrogen) atoms. The molecule has 0 amide bonds. The molecule has 0 aliphatic rings. The quantitative estimate of drug-likeness (QED) is 0.633. The summed E-state index contributed by atoms with van der Waals surface area (Å²) in [5.74, 6) is 0. The van der Waals surface area contributed by atoms with E-state index in [0.717, 1.165) is 11.6 Å². The van der Waals surface area contributed by atoms with Crippen molar-refractivity contribution in [3.05, 3.63) is 58.3 Å². The van der Waals surface area contributed by atoms with Crippen molar-refractivity contribution in [2.75, 3.05) is 0 Å². The Labute approximate surface area is 109 Å². The Morgan fingerprint density at radius 3 is 2.37 bits per heavy atom. The Balaban J connectivity index is 2.63. The zero-order valence-corrected chi connectivity index (χ0v) is 10.8. The number of pyridine rings is 1. The highest BCUT2D eigenvalue weighted by molar-refractivity contribution is 7.91. The summed E-state index contributed by atoms with van der Waals surface area (Å²) in [6, 6.07) is 8.51. The lowest BCUT2D eigenvalue weighted by molar-refractivity contribution is -0.388. The number of hydrogen-bond acceptors (Lipinski definition) is 5. The van der Waals surface area contributed by atoms with Gasteiger partial charge in [0.1, 0.15) is 0 Å². The number of aromatic nitrogens is 1. The van der Waals surface area contributed by atoms with Gasteiger partial charge in [-0.1, -0.05) is 17.7 Å². The average Bonchev–Trinajstić information content (AvgIpc) is 2.39. The second-order valence-corrected chi connectivity index (χ2v) is 5.77. The third kappa shape index (κ3) is 2.45. The van der Waals surface area contributed by atoms with E-state index < -0.39 is 25.5 Å². The van der Waals surface area contributed by atoms with Crippen LogP contribution in [0.25, 0.3) is 0 Å². The van der Waals surface area contributed by atoms with Crippen LogP contribution in [0, 0.1) is 17.0 Å². The Morgan fingerprint density at radius 1 is 1.16 bits per heavy atom. The molecule has 1 aromatic heterocycles. The molecule has 6 nitrogen and oxygen atoms in total. The highest BCUT2D eigenvalue weighted by Crippen LogP contribution is 2.26. The number of nitrogens with zero attached hydrogens (tertiary/aromatic N) is 2. The highest BCUT2D eigenvalue weighted by atomic mass is 32.2. The molecule has 0 saturated heterocycles. The summed E-state index contributed by atoms with van der Waals surface area (Å²) in [4.78, 5) is 13.7. The smallest absolute Gasteiger partial charge is 0.258 e. The summed E-state index contributed by atoms with van der Waals surface area (Å²) in [5, 5.41) is 10.3. The molecule has 0 saturated carbocycles. The first-order valence-corrected chi connectivity index (χ1v) is 6.82. The van der Waals surface area contributed by atoms with Crippen molar-refractivity contribution < 1.29 is 13.3 Å². The van der Waals surface area contributed by atoms with E-state index in [1.54, 1.807) is 12.1 Å². The van der Waals surface area contributed by atoms with Crippen LogP contribution in [0.15, 0.2) is 52.5 Å². The maximum atomic E-state index is 12.3. The minimum atomic E-state index is -3.98. The molecule has 7 heteroatoms. The third-order valence-electron chi connectivity index (χ3n) is 2.53. The molecule has 0 bridgehead atoms. The summed E-state index contributed by atoms with van der Waals surface area (Å²) in [6.07, 6.45) is 1.22. The van der Waals surface area contributed by atoms with Crippen LogP contribution < -0.4 is 0 Å². The van der Waals surface area contributed by atoms with Gasteiger partial charge in [0.15, 0.2) is 0 Å². The van der Waals surface area contributed by atoms with Gasteiger partial charge in [-0.2, -0.15) is 0 Å². The van der Waals surface area contributed by atoms with Gasteiger partial charge in [-0.3, -0.25) is 10.1 Å². The van der Waals surface area contributed by atoms with Crippen molar-refractivity contribution in [2.45, 2.75) is 16.8 Å². The molecule has 0 radical (unpaired) electrons. The number of hydrogen-bond donors (Lipinski definition) is 0. The van der Waals surface area contributed by atoms with Crippen molar-refractivity contribution in [3.63, 3.8) is 0 Å². The average molecular weight is 278 g/mol. The largest absolute Gasteiger partial charge is 0.306 e.